The number of nitrogens with zero attached hydrogens (tertiary/aromatic N) is 3. The minimum Gasteiger partial charge on any atom is -0.478 e. The summed E-state index contributed by atoms with van der Waals surface area (Å²) in [5.41, 5.74) is -0.337. The highest BCUT2D eigenvalue weighted by molar-refractivity contribution is 7.86. The number of carboxylic acids is 1. The van der Waals surface area contributed by atoms with Gasteiger partial charge in [0.25, 0.3) is 10.2 Å². The molecule has 30 heavy (non-hydrogen) atoms. The molecule has 2 saturated heterocycles. The summed E-state index contributed by atoms with van der Waals surface area (Å²) in [6, 6.07) is 5.56. The van der Waals surface area contributed by atoms with Gasteiger partial charge in [-0.2, -0.15) is 30.2 Å². The van der Waals surface area contributed by atoms with Crippen molar-refractivity contribution in [2.45, 2.75) is 24.6 Å². The Hall–Kier alpha value is -1.96. The van der Waals surface area contributed by atoms with Crippen molar-refractivity contribution in [2.24, 2.45) is 5.92 Å². The fraction of sp³-hybridized carbons (Fsp3) is 0.647. The van der Waals surface area contributed by atoms with Crippen LogP contribution in [0.4, 0.5) is 13.2 Å². The van der Waals surface area contributed by atoms with Crippen LogP contribution in [0.15, 0.2) is 24.4 Å². The highest BCUT2D eigenvalue weighted by Gasteiger charge is 2.56. The van der Waals surface area contributed by atoms with Gasteiger partial charge in [0.2, 0.25) is 5.88 Å². The lowest BCUT2D eigenvalue weighted by Gasteiger charge is -2.49. The van der Waals surface area contributed by atoms with Crippen LogP contribution in [0.2, 0.25) is 0 Å². The number of carbonyl (C=O) groups is 1. The molecule has 170 valence electrons. The van der Waals surface area contributed by atoms with Crippen LogP contribution in [0.3, 0.4) is 0 Å². The first-order valence-electron chi connectivity index (χ1n) is 9.04. The van der Waals surface area contributed by atoms with E-state index >= 15 is 0 Å². The van der Waals surface area contributed by atoms with Gasteiger partial charge in [-0.1, -0.05) is 6.07 Å². The minimum absolute atomic E-state index is 0.319. The zero-order valence-corrected chi connectivity index (χ0v) is 17.3. The van der Waals surface area contributed by atoms with Gasteiger partial charge in [0, 0.05) is 46.1 Å². The lowest BCUT2D eigenvalue weighted by molar-refractivity contribution is -0.192. The van der Waals surface area contributed by atoms with Crippen LogP contribution in [0.1, 0.15) is 12.8 Å². The molecule has 0 aromatic carbocycles. The normalized spacial score (nSPS) is 21.1. The van der Waals surface area contributed by atoms with Gasteiger partial charge in [0.05, 0.1) is 12.2 Å². The van der Waals surface area contributed by atoms with Crippen molar-refractivity contribution in [3.8, 4) is 5.88 Å². The van der Waals surface area contributed by atoms with Crippen molar-refractivity contribution in [3.63, 3.8) is 0 Å². The van der Waals surface area contributed by atoms with Gasteiger partial charge in [-0.15, -0.1) is 0 Å². The van der Waals surface area contributed by atoms with Crippen LogP contribution >= 0.6 is 0 Å². The molecule has 9 nitrogen and oxygen atoms in total. The molecule has 13 heteroatoms. The fourth-order valence-corrected chi connectivity index (χ4v) is 4.45. The molecule has 0 saturated carbocycles. The third-order valence-corrected chi connectivity index (χ3v) is 6.71. The Labute approximate surface area is 172 Å². The number of carboxylic acid groups (broad SMARTS) is 1. The summed E-state index contributed by atoms with van der Waals surface area (Å²) < 4.78 is 70.3. The molecule has 2 aliphatic rings. The zero-order valence-electron chi connectivity index (χ0n) is 16.5. The van der Waals surface area contributed by atoms with Crippen molar-refractivity contribution in [1.82, 2.24) is 13.6 Å². The third-order valence-electron chi connectivity index (χ3n) is 4.87. The van der Waals surface area contributed by atoms with Crippen molar-refractivity contribution < 1.29 is 41.0 Å². The molecule has 0 amide bonds. The van der Waals surface area contributed by atoms with Crippen molar-refractivity contribution >= 4 is 16.2 Å². The molecule has 1 aromatic heterocycles. The van der Waals surface area contributed by atoms with Gasteiger partial charge in [0.15, 0.2) is 0 Å². The Morgan fingerprint density at radius 3 is 2.53 bits per heavy atom. The predicted molar refractivity (Wildman–Crippen MR) is 99.0 cm³/mol. The van der Waals surface area contributed by atoms with Crippen LogP contribution < -0.4 is 4.74 Å². The van der Waals surface area contributed by atoms with E-state index in [-0.39, 0.29) is 5.60 Å². The predicted octanol–water partition coefficient (Wildman–Crippen LogP) is 1.38. The van der Waals surface area contributed by atoms with E-state index in [1.54, 1.807) is 20.3 Å². The highest BCUT2D eigenvalue weighted by Crippen LogP contribution is 2.42. The standard InChI is InChI=1S/C15H23N3O4S.C2HF3O2/c1-17(2)23(19,20)18-11-15(12-18)13(7-10-22-15)6-9-21-14-5-3-4-8-16-14;3-2(4,5)1(6)7/h3-5,8,13H,6-7,9-12H2,1-2H3;(H,6,7). The summed E-state index contributed by atoms with van der Waals surface area (Å²) >= 11 is 0. The van der Waals surface area contributed by atoms with E-state index in [1.807, 2.05) is 18.2 Å². The second-order valence-electron chi connectivity index (χ2n) is 7.07. The van der Waals surface area contributed by atoms with E-state index in [0.717, 1.165) is 12.8 Å². The van der Waals surface area contributed by atoms with Crippen LogP contribution in [-0.2, 0) is 19.7 Å². The number of hydrogen-bond acceptors (Lipinski definition) is 6. The largest absolute Gasteiger partial charge is 0.490 e. The first kappa shape index (κ1) is 24.3. The Kier molecular flexibility index (Phi) is 7.66. The average Bonchev–Trinajstić information content (AvgIpc) is 3.05. The molecule has 0 bridgehead atoms. The van der Waals surface area contributed by atoms with Gasteiger partial charge < -0.3 is 14.6 Å². The molecule has 1 unspecified atom stereocenters. The maximum absolute atomic E-state index is 12.1. The van der Waals surface area contributed by atoms with E-state index < -0.39 is 22.4 Å². The molecular weight excluding hydrogens is 431 g/mol. The van der Waals surface area contributed by atoms with Crippen molar-refractivity contribution in [1.29, 1.82) is 0 Å². The Morgan fingerprint density at radius 1 is 1.40 bits per heavy atom. The molecule has 1 N–H and O–H groups in total. The van der Waals surface area contributed by atoms with E-state index in [9.17, 15) is 21.6 Å². The summed E-state index contributed by atoms with van der Waals surface area (Å²) in [7, 11) is -0.246. The molecule has 0 aliphatic carbocycles. The molecule has 3 heterocycles. The molecule has 1 atom stereocenters. The first-order valence-corrected chi connectivity index (χ1v) is 10.4. The molecule has 2 aliphatic heterocycles. The van der Waals surface area contributed by atoms with E-state index in [2.05, 4.69) is 4.98 Å². The Balaban J connectivity index is 0.000000396. The van der Waals surface area contributed by atoms with Gasteiger partial charge in [-0.05, 0) is 24.8 Å². The summed E-state index contributed by atoms with van der Waals surface area (Å²) in [6.07, 6.45) is -1.60. The number of hydrogen-bond donors (Lipinski definition) is 1. The number of pyridine rings is 1. The maximum Gasteiger partial charge on any atom is 0.490 e. The smallest absolute Gasteiger partial charge is 0.478 e. The average molecular weight is 455 g/mol. The number of aliphatic carboxylic acids is 1. The number of halogens is 3. The Bertz CT molecular complexity index is 814. The third kappa shape index (κ3) is 5.80. The minimum atomic E-state index is -5.08. The maximum atomic E-state index is 12.1. The van der Waals surface area contributed by atoms with Crippen LogP contribution in [0.5, 0.6) is 5.88 Å². The second-order valence-corrected chi connectivity index (χ2v) is 9.21. The van der Waals surface area contributed by atoms with E-state index in [0.29, 0.717) is 38.1 Å². The van der Waals surface area contributed by atoms with Crippen LogP contribution in [0.25, 0.3) is 0 Å². The van der Waals surface area contributed by atoms with Gasteiger partial charge in [-0.3, -0.25) is 0 Å². The first-order chi connectivity index (χ1) is 13.9. The molecule has 1 spiro atoms. The summed E-state index contributed by atoms with van der Waals surface area (Å²) in [4.78, 5) is 13.0. The van der Waals surface area contributed by atoms with Gasteiger partial charge in [0.1, 0.15) is 0 Å². The quantitative estimate of drug-likeness (QED) is 0.690. The number of aromatic nitrogens is 1. The number of alkyl halides is 3. The molecule has 3 rings (SSSR count). The zero-order chi connectivity index (χ0) is 22.6. The van der Waals surface area contributed by atoms with Crippen molar-refractivity contribution in [2.75, 3.05) is 40.4 Å². The highest BCUT2D eigenvalue weighted by atomic mass is 32.2. The monoisotopic (exact) mass is 455 g/mol. The Morgan fingerprint density at radius 2 is 2.03 bits per heavy atom. The number of rotatable bonds is 6. The van der Waals surface area contributed by atoms with Crippen LogP contribution in [0, 0.1) is 5.92 Å². The SMILES string of the molecule is CN(C)S(=O)(=O)N1CC2(C1)OCCC2CCOc1ccccn1.O=C(O)C(F)(F)F. The summed E-state index contributed by atoms with van der Waals surface area (Å²) in [5.74, 6) is -1.82. The van der Waals surface area contributed by atoms with Crippen LogP contribution in [-0.4, -0.2) is 85.3 Å². The summed E-state index contributed by atoms with van der Waals surface area (Å²) in [6.45, 7) is 2.11. The van der Waals surface area contributed by atoms with Crippen molar-refractivity contribution in [3.05, 3.63) is 24.4 Å². The topological polar surface area (TPSA) is 109 Å². The van der Waals surface area contributed by atoms with E-state index in [1.165, 1.54) is 8.61 Å². The van der Waals surface area contributed by atoms with Gasteiger partial charge in [-0.25, -0.2) is 9.78 Å². The summed E-state index contributed by atoms with van der Waals surface area (Å²) in [5, 5.41) is 7.12. The molecule has 1 aromatic rings. The molecule has 2 fully saturated rings. The fourth-order valence-electron chi connectivity index (χ4n) is 3.23. The lowest BCUT2D eigenvalue weighted by Crippen LogP contribution is -2.67. The van der Waals surface area contributed by atoms with Gasteiger partial charge >= 0.3 is 12.1 Å². The second kappa shape index (κ2) is 9.45. The number of ether oxygens (including phenoxy) is 2. The lowest BCUT2D eigenvalue weighted by atomic mass is 9.80. The van der Waals surface area contributed by atoms with E-state index in [4.69, 9.17) is 19.4 Å². The molecule has 0 radical (unpaired) electrons. The molecular formula is C17H24F3N3O6S.